The molecule has 0 spiro atoms. The van der Waals surface area contributed by atoms with Gasteiger partial charge in [-0.2, -0.15) is 0 Å². The van der Waals surface area contributed by atoms with Crippen molar-refractivity contribution in [3.05, 3.63) is 24.5 Å². The molecule has 5 nitrogen and oxygen atoms in total. The SMILES string of the molecule is CCNC(=NCCCCN(CC)CC)NCCn1cccc1. The van der Waals surface area contributed by atoms with Crippen LogP contribution in [0.25, 0.3) is 0 Å². The van der Waals surface area contributed by atoms with Crippen molar-refractivity contribution >= 4 is 5.96 Å². The maximum absolute atomic E-state index is 4.65. The molecule has 0 aliphatic rings. The van der Waals surface area contributed by atoms with E-state index in [1.165, 1.54) is 13.0 Å². The standard InChI is InChI=1S/C17H33N5/c1-4-18-17(20-12-16-22-14-9-10-15-22)19-11-7-8-13-21(5-2)6-3/h9-10,14-15H,4-8,11-13,16H2,1-3H3,(H2,18,19,20). The van der Waals surface area contributed by atoms with E-state index in [4.69, 9.17) is 0 Å². The van der Waals surface area contributed by atoms with Gasteiger partial charge in [-0.1, -0.05) is 13.8 Å². The van der Waals surface area contributed by atoms with Crippen LogP contribution in [0.3, 0.4) is 0 Å². The molecule has 0 bridgehead atoms. The zero-order valence-corrected chi connectivity index (χ0v) is 14.5. The Morgan fingerprint density at radius 3 is 2.41 bits per heavy atom. The molecule has 0 saturated heterocycles. The zero-order chi connectivity index (χ0) is 16.0. The topological polar surface area (TPSA) is 44.6 Å². The normalized spacial score (nSPS) is 11.9. The van der Waals surface area contributed by atoms with Crippen molar-refractivity contribution in [3.8, 4) is 0 Å². The predicted octanol–water partition coefficient (Wildman–Crippen LogP) is 2.17. The van der Waals surface area contributed by atoms with E-state index in [0.717, 1.165) is 51.6 Å². The van der Waals surface area contributed by atoms with Crippen molar-refractivity contribution in [2.45, 2.75) is 40.2 Å². The Morgan fingerprint density at radius 2 is 1.77 bits per heavy atom. The Morgan fingerprint density at radius 1 is 1.05 bits per heavy atom. The quantitative estimate of drug-likeness (QED) is 0.374. The van der Waals surface area contributed by atoms with Crippen molar-refractivity contribution < 1.29 is 0 Å². The highest BCUT2D eigenvalue weighted by molar-refractivity contribution is 5.79. The van der Waals surface area contributed by atoms with Crippen molar-refractivity contribution in [1.29, 1.82) is 0 Å². The minimum absolute atomic E-state index is 0.889. The lowest BCUT2D eigenvalue weighted by atomic mass is 10.3. The Bertz CT molecular complexity index is 382. The summed E-state index contributed by atoms with van der Waals surface area (Å²) in [5.74, 6) is 0.928. The van der Waals surface area contributed by atoms with Gasteiger partial charge in [-0.3, -0.25) is 4.99 Å². The van der Waals surface area contributed by atoms with Gasteiger partial charge in [0.1, 0.15) is 0 Å². The third-order valence-electron chi connectivity index (χ3n) is 3.72. The van der Waals surface area contributed by atoms with Gasteiger partial charge < -0.3 is 20.1 Å². The van der Waals surface area contributed by atoms with Crippen molar-refractivity contribution in [1.82, 2.24) is 20.1 Å². The number of hydrogen-bond donors (Lipinski definition) is 2. The molecular weight excluding hydrogens is 274 g/mol. The molecule has 2 N–H and O–H groups in total. The molecule has 0 amide bonds. The molecule has 0 fully saturated rings. The highest BCUT2D eigenvalue weighted by atomic mass is 15.2. The Hall–Kier alpha value is -1.49. The average Bonchev–Trinajstić information content (AvgIpc) is 3.04. The minimum Gasteiger partial charge on any atom is -0.357 e. The summed E-state index contributed by atoms with van der Waals surface area (Å²) in [5, 5.41) is 6.69. The van der Waals surface area contributed by atoms with E-state index in [2.05, 4.69) is 70.4 Å². The molecule has 0 saturated carbocycles. The molecule has 1 heterocycles. The maximum Gasteiger partial charge on any atom is 0.191 e. The second-order valence-electron chi connectivity index (χ2n) is 5.34. The fourth-order valence-electron chi connectivity index (χ4n) is 2.34. The van der Waals surface area contributed by atoms with Gasteiger partial charge in [0.2, 0.25) is 0 Å². The molecular formula is C17H33N5. The molecule has 1 aromatic heterocycles. The summed E-state index contributed by atoms with van der Waals surface area (Å²) in [6.07, 6.45) is 6.52. The van der Waals surface area contributed by atoms with Gasteiger partial charge >= 0.3 is 0 Å². The van der Waals surface area contributed by atoms with Crippen LogP contribution in [-0.4, -0.2) is 54.7 Å². The summed E-state index contributed by atoms with van der Waals surface area (Å²) >= 11 is 0. The lowest BCUT2D eigenvalue weighted by molar-refractivity contribution is 0.297. The summed E-state index contributed by atoms with van der Waals surface area (Å²) in [5.41, 5.74) is 0. The zero-order valence-electron chi connectivity index (χ0n) is 14.5. The fourth-order valence-corrected chi connectivity index (χ4v) is 2.34. The van der Waals surface area contributed by atoms with Crippen LogP contribution in [0.5, 0.6) is 0 Å². The van der Waals surface area contributed by atoms with Gasteiger partial charge in [-0.25, -0.2) is 0 Å². The van der Waals surface area contributed by atoms with Crippen LogP contribution in [0.1, 0.15) is 33.6 Å². The maximum atomic E-state index is 4.65. The smallest absolute Gasteiger partial charge is 0.191 e. The van der Waals surface area contributed by atoms with E-state index in [9.17, 15) is 0 Å². The molecule has 126 valence electrons. The van der Waals surface area contributed by atoms with Crippen molar-refractivity contribution in [3.63, 3.8) is 0 Å². The number of nitrogens with zero attached hydrogens (tertiary/aromatic N) is 3. The number of aliphatic imine (C=N–C) groups is 1. The van der Waals surface area contributed by atoms with Gasteiger partial charge in [0.05, 0.1) is 0 Å². The van der Waals surface area contributed by atoms with Crippen LogP contribution >= 0.6 is 0 Å². The second-order valence-corrected chi connectivity index (χ2v) is 5.34. The molecule has 0 aliphatic heterocycles. The molecule has 1 aromatic rings. The summed E-state index contributed by atoms with van der Waals surface area (Å²) in [4.78, 5) is 7.11. The van der Waals surface area contributed by atoms with Gasteiger partial charge in [0.25, 0.3) is 0 Å². The molecule has 5 heteroatoms. The van der Waals surface area contributed by atoms with E-state index < -0.39 is 0 Å². The number of unbranched alkanes of at least 4 members (excludes halogenated alkanes) is 1. The van der Waals surface area contributed by atoms with Gasteiger partial charge in [0.15, 0.2) is 5.96 Å². The summed E-state index contributed by atoms with van der Waals surface area (Å²) in [6.45, 7) is 13.6. The summed E-state index contributed by atoms with van der Waals surface area (Å²) in [6, 6.07) is 4.10. The van der Waals surface area contributed by atoms with Gasteiger partial charge in [-0.15, -0.1) is 0 Å². The van der Waals surface area contributed by atoms with Crippen LogP contribution in [0.15, 0.2) is 29.5 Å². The molecule has 0 aliphatic carbocycles. The summed E-state index contributed by atoms with van der Waals surface area (Å²) in [7, 11) is 0. The first-order valence-corrected chi connectivity index (χ1v) is 8.65. The highest BCUT2D eigenvalue weighted by Gasteiger charge is 1.99. The first kappa shape index (κ1) is 18.6. The largest absolute Gasteiger partial charge is 0.357 e. The van der Waals surface area contributed by atoms with E-state index in [0.29, 0.717) is 0 Å². The number of hydrogen-bond acceptors (Lipinski definition) is 2. The predicted molar refractivity (Wildman–Crippen MR) is 95.4 cm³/mol. The Balaban J connectivity index is 2.20. The average molecular weight is 307 g/mol. The summed E-state index contributed by atoms with van der Waals surface area (Å²) < 4.78 is 2.17. The van der Waals surface area contributed by atoms with Gasteiger partial charge in [-0.05, 0) is 51.5 Å². The minimum atomic E-state index is 0.889. The van der Waals surface area contributed by atoms with Crippen molar-refractivity contribution in [2.75, 3.05) is 39.3 Å². The fraction of sp³-hybridized carbons (Fsp3) is 0.706. The van der Waals surface area contributed by atoms with Crippen LogP contribution < -0.4 is 10.6 Å². The number of aromatic nitrogens is 1. The molecule has 1 rings (SSSR count). The van der Waals surface area contributed by atoms with Crippen LogP contribution in [-0.2, 0) is 6.54 Å². The van der Waals surface area contributed by atoms with E-state index in [1.807, 2.05) is 0 Å². The number of guanidine groups is 1. The lowest BCUT2D eigenvalue weighted by Crippen LogP contribution is -2.38. The first-order valence-electron chi connectivity index (χ1n) is 8.65. The molecule has 0 radical (unpaired) electrons. The third kappa shape index (κ3) is 8.08. The lowest BCUT2D eigenvalue weighted by Gasteiger charge is -2.17. The Kier molecular flexibility index (Phi) is 10.2. The third-order valence-corrected chi connectivity index (χ3v) is 3.72. The van der Waals surface area contributed by atoms with E-state index in [-0.39, 0.29) is 0 Å². The molecule has 0 unspecified atom stereocenters. The molecule has 22 heavy (non-hydrogen) atoms. The first-order chi connectivity index (χ1) is 10.8. The number of nitrogens with one attached hydrogen (secondary N) is 2. The van der Waals surface area contributed by atoms with Crippen LogP contribution in [0.4, 0.5) is 0 Å². The molecule has 0 aromatic carbocycles. The van der Waals surface area contributed by atoms with Crippen molar-refractivity contribution in [2.24, 2.45) is 4.99 Å². The van der Waals surface area contributed by atoms with E-state index >= 15 is 0 Å². The van der Waals surface area contributed by atoms with Gasteiger partial charge in [0, 0.05) is 38.6 Å². The van der Waals surface area contributed by atoms with Crippen LogP contribution in [0.2, 0.25) is 0 Å². The van der Waals surface area contributed by atoms with E-state index in [1.54, 1.807) is 0 Å². The molecule has 0 atom stereocenters. The number of rotatable bonds is 11. The monoisotopic (exact) mass is 307 g/mol. The highest BCUT2D eigenvalue weighted by Crippen LogP contribution is 1.95. The van der Waals surface area contributed by atoms with Crippen LogP contribution in [0, 0.1) is 0 Å². The Labute approximate surface area is 135 Å². The second kappa shape index (κ2) is 12.1.